The van der Waals surface area contributed by atoms with E-state index in [-0.39, 0.29) is 17.9 Å². The summed E-state index contributed by atoms with van der Waals surface area (Å²) in [6.07, 6.45) is 4.35. The van der Waals surface area contributed by atoms with Crippen molar-refractivity contribution in [1.82, 2.24) is 10.1 Å². The Bertz CT molecular complexity index is 618. The normalized spacial score (nSPS) is 19.4. The van der Waals surface area contributed by atoms with Gasteiger partial charge in [-0.3, -0.25) is 4.79 Å². The van der Waals surface area contributed by atoms with Crippen LogP contribution in [0, 0.1) is 5.92 Å². The van der Waals surface area contributed by atoms with Crippen LogP contribution in [0.5, 0.6) is 0 Å². The second kappa shape index (κ2) is 6.65. The van der Waals surface area contributed by atoms with Crippen LogP contribution < -0.4 is 0 Å². The molecule has 4 nitrogen and oxygen atoms in total. The lowest BCUT2D eigenvalue weighted by molar-refractivity contribution is -0.137. The number of nitrogens with zero attached hydrogens (tertiary/aromatic N) is 2. The predicted molar refractivity (Wildman–Crippen MR) is 87.6 cm³/mol. The molecule has 0 N–H and O–H groups in total. The van der Waals surface area contributed by atoms with E-state index in [4.69, 9.17) is 4.52 Å². The third kappa shape index (κ3) is 3.09. The zero-order chi connectivity index (χ0) is 15.5. The number of rotatable bonds is 3. The van der Waals surface area contributed by atoms with Crippen molar-refractivity contribution in [3.05, 3.63) is 29.3 Å². The molecule has 3 rings (SSSR count). The molecule has 1 fully saturated rings. The fraction of sp³-hybridized carbons (Fsp3) is 0.529. The first-order valence-electron chi connectivity index (χ1n) is 7.98. The quantitative estimate of drug-likeness (QED) is 0.837. The molecule has 1 unspecified atom stereocenters. The zero-order valence-corrected chi connectivity index (χ0v) is 13.9. The van der Waals surface area contributed by atoms with Crippen molar-refractivity contribution in [3.8, 4) is 10.6 Å². The van der Waals surface area contributed by atoms with Crippen LogP contribution in [0.1, 0.15) is 51.3 Å². The Morgan fingerprint density at radius 1 is 1.41 bits per heavy atom. The lowest BCUT2D eigenvalue weighted by Crippen LogP contribution is -2.37. The van der Waals surface area contributed by atoms with E-state index in [1.807, 2.05) is 42.3 Å². The molecule has 1 aliphatic rings. The summed E-state index contributed by atoms with van der Waals surface area (Å²) in [5, 5.41) is 6.29. The van der Waals surface area contributed by atoms with Gasteiger partial charge in [-0.05, 0) is 24.3 Å². The maximum atomic E-state index is 12.5. The molecular weight excluding hydrogens is 296 g/mol. The minimum atomic E-state index is 0.0178. The maximum absolute atomic E-state index is 12.5. The van der Waals surface area contributed by atoms with Crippen LogP contribution in [0.2, 0.25) is 0 Å². The van der Waals surface area contributed by atoms with Crippen molar-refractivity contribution < 1.29 is 9.32 Å². The molecule has 0 aromatic carbocycles. The van der Waals surface area contributed by atoms with E-state index in [9.17, 15) is 4.79 Å². The first-order chi connectivity index (χ1) is 10.7. The summed E-state index contributed by atoms with van der Waals surface area (Å²) < 4.78 is 5.51. The van der Waals surface area contributed by atoms with Gasteiger partial charge in [0.15, 0.2) is 5.76 Å². The largest absolute Gasteiger partial charge is 0.355 e. The average molecular weight is 318 g/mol. The van der Waals surface area contributed by atoms with Gasteiger partial charge in [-0.1, -0.05) is 37.9 Å². The maximum Gasteiger partial charge on any atom is 0.225 e. The molecule has 5 heteroatoms. The molecule has 118 valence electrons. The summed E-state index contributed by atoms with van der Waals surface area (Å²) in [5.74, 6) is 1.03. The van der Waals surface area contributed by atoms with Crippen molar-refractivity contribution in [2.45, 2.75) is 45.6 Å². The summed E-state index contributed by atoms with van der Waals surface area (Å²) in [5.41, 5.74) is 0.888. The Balaban J connectivity index is 1.87. The van der Waals surface area contributed by atoms with Crippen LogP contribution in [0.3, 0.4) is 0 Å². The monoisotopic (exact) mass is 318 g/mol. The third-order valence-corrected chi connectivity index (χ3v) is 5.05. The fourth-order valence-electron chi connectivity index (χ4n) is 2.99. The molecule has 2 aromatic heterocycles. The Morgan fingerprint density at radius 2 is 2.27 bits per heavy atom. The van der Waals surface area contributed by atoms with Gasteiger partial charge in [-0.15, -0.1) is 11.3 Å². The lowest BCUT2D eigenvalue weighted by Gasteiger charge is -2.30. The number of amides is 1. The molecule has 1 atom stereocenters. The standard InChI is InChI=1S/C17H22N2O2S/c1-12(2)17(20)19-9-5-3-4-7-14(19)13-11-15(21-18-13)16-8-6-10-22-16/h6,8,10-12,14H,3-5,7,9H2,1-2H3. The van der Waals surface area contributed by atoms with Crippen molar-refractivity contribution in [3.63, 3.8) is 0 Å². The SMILES string of the molecule is CC(C)C(=O)N1CCCCCC1c1cc(-c2cccs2)on1. The van der Waals surface area contributed by atoms with Crippen molar-refractivity contribution in [2.75, 3.05) is 6.54 Å². The number of carbonyl (C=O) groups excluding carboxylic acids is 1. The second-order valence-corrected chi connectivity index (χ2v) is 7.09. The lowest BCUT2D eigenvalue weighted by atomic mass is 10.0. The summed E-state index contributed by atoms with van der Waals surface area (Å²) in [6.45, 7) is 4.75. The number of carbonyl (C=O) groups is 1. The molecular formula is C17H22N2O2S. The Kier molecular flexibility index (Phi) is 4.62. The molecule has 3 heterocycles. The topological polar surface area (TPSA) is 46.3 Å². The van der Waals surface area contributed by atoms with Crippen LogP contribution in [-0.4, -0.2) is 22.5 Å². The number of hydrogen-bond donors (Lipinski definition) is 0. The van der Waals surface area contributed by atoms with Crippen LogP contribution in [-0.2, 0) is 4.79 Å². The van der Waals surface area contributed by atoms with Crippen molar-refractivity contribution in [2.24, 2.45) is 5.92 Å². The molecule has 1 amide bonds. The predicted octanol–water partition coefficient (Wildman–Crippen LogP) is 4.50. The second-order valence-electron chi connectivity index (χ2n) is 6.14. The van der Waals surface area contributed by atoms with Gasteiger partial charge in [0.05, 0.1) is 10.9 Å². The summed E-state index contributed by atoms with van der Waals surface area (Å²) in [6, 6.07) is 6.08. The molecule has 0 bridgehead atoms. The molecule has 1 saturated heterocycles. The van der Waals surface area contributed by atoms with E-state index in [1.54, 1.807) is 11.3 Å². The Morgan fingerprint density at radius 3 is 3.00 bits per heavy atom. The Hall–Kier alpha value is -1.62. The summed E-state index contributed by atoms with van der Waals surface area (Å²) >= 11 is 1.64. The average Bonchev–Trinajstić information content (AvgIpc) is 3.13. The molecule has 0 spiro atoms. The molecule has 0 saturated carbocycles. The number of likely N-dealkylation sites (tertiary alicyclic amines) is 1. The molecule has 22 heavy (non-hydrogen) atoms. The van der Waals surface area contributed by atoms with E-state index < -0.39 is 0 Å². The molecule has 1 aliphatic heterocycles. The highest BCUT2D eigenvalue weighted by Gasteiger charge is 2.30. The van der Waals surface area contributed by atoms with Gasteiger partial charge in [0, 0.05) is 18.5 Å². The van der Waals surface area contributed by atoms with Crippen LogP contribution >= 0.6 is 11.3 Å². The number of thiophene rings is 1. The zero-order valence-electron chi connectivity index (χ0n) is 13.1. The highest BCUT2D eigenvalue weighted by molar-refractivity contribution is 7.13. The van der Waals surface area contributed by atoms with Gasteiger partial charge >= 0.3 is 0 Å². The first kappa shape index (κ1) is 15.3. The van der Waals surface area contributed by atoms with Crippen molar-refractivity contribution >= 4 is 17.2 Å². The van der Waals surface area contributed by atoms with Crippen LogP contribution in [0.25, 0.3) is 10.6 Å². The minimum absolute atomic E-state index is 0.0178. The summed E-state index contributed by atoms with van der Waals surface area (Å²) in [7, 11) is 0. The van der Waals surface area contributed by atoms with E-state index >= 15 is 0 Å². The van der Waals surface area contributed by atoms with Crippen LogP contribution in [0.4, 0.5) is 0 Å². The van der Waals surface area contributed by atoms with Gasteiger partial charge < -0.3 is 9.42 Å². The van der Waals surface area contributed by atoms with Gasteiger partial charge in [0.25, 0.3) is 0 Å². The number of hydrogen-bond acceptors (Lipinski definition) is 4. The van der Waals surface area contributed by atoms with Crippen LogP contribution in [0.15, 0.2) is 28.1 Å². The minimum Gasteiger partial charge on any atom is -0.355 e. The Labute approximate surface area is 135 Å². The van der Waals surface area contributed by atoms with Crippen molar-refractivity contribution in [1.29, 1.82) is 0 Å². The smallest absolute Gasteiger partial charge is 0.225 e. The highest BCUT2D eigenvalue weighted by atomic mass is 32.1. The molecule has 0 aliphatic carbocycles. The number of aromatic nitrogens is 1. The highest BCUT2D eigenvalue weighted by Crippen LogP contribution is 2.34. The van der Waals surface area contributed by atoms with E-state index in [1.165, 1.54) is 6.42 Å². The first-order valence-corrected chi connectivity index (χ1v) is 8.85. The van der Waals surface area contributed by atoms with Gasteiger partial charge in [-0.2, -0.15) is 0 Å². The third-order valence-electron chi connectivity index (χ3n) is 4.16. The van der Waals surface area contributed by atoms with Gasteiger partial charge in [-0.25, -0.2) is 0 Å². The fourth-order valence-corrected chi connectivity index (χ4v) is 3.67. The van der Waals surface area contributed by atoms with E-state index in [0.717, 1.165) is 42.1 Å². The molecule has 0 radical (unpaired) electrons. The van der Waals surface area contributed by atoms with E-state index in [0.29, 0.717) is 0 Å². The summed E-state index contributed by atoms with van der Waals surface area (Å²) in [4.78, 5) is 15.6. The molecule has 2 aromatic rings. The van der Waals surface area contributed by atoms with Gasteiger partial charge in [0.1, 0.15) is 5.69 Å². The van der Waals surface area contributed by atoms with E-state index in [2.05, 4.69) is 5.16 Å². The van der Waals surface area contributed by atoms with Gasteiger partial charge in [0.2, 0.25) is 5.91 Å².